The Balaban J connectivity index is 1.64. The molecule has 0 bridgehead atoms. The molecule has 0 fully saturated rings. The first-order chi connectivity index (χ1) is 15.9. The van der Waals surface area contributed by atoms with Crippen molar-refractivity contribution in [3.8, 4) is 5.82 Å². The van der Waals surface area contributed by atoms with Gasteiger partial charge in [-0.2, -0.15) is 10.1 Å². The van der Waals surface area contributed by atoms with Crippen molar-refractivity contribution in [1.82, 2.24) is 24.3 Å². The molecule has 2 N–H and O–H groups in total. The van der Waals surface area contributed by atoms with Crippen molar-refractivity contribution < 1.29 is 13.9 Å². The van der Waals surface area contributed by atoms with E-state index in [9.17, 15) is 9.18 Å². The molecule has 9 nitrogen and oxygen atoms in total. The molecular formula is C23H24FN7O2. The van der Waals surface area contributed by atoms with E-state index in [2.05, 4.69) is 32.3 Å². The lowest BCUT2D eigenvalue weighted by molar-refractivity contribution is -0.111. The molecule has 0 saturated heterocycles. The molecule has 0 saturated carbocycles. The van der Waals surface area contributed by atoms with E-state index < -0.39 is 5.82 Å². The van der Waals surface area contributed by atoms with Crippen molar-refractivity contribution in [2.75, 3.05) is 17.7 Å². The second-order valence-corrected chi connectivity index (χ2v) is 7.59. The minimum absolute atomic E-state index is 0.0160. The Labute approximate surface area is 189 Å². The Morgan fingerprint density at radius 3 is 2.88 bits per heavy atom. The number of nitrogens with zero attached hydrogens (tertiary/aromatic N) is 5. The molecule has 0 aliphatic heterocycles. The highest BCUT2D eigenvalue weighted by Crippen LogP contribution is 2.28. The van der Waals surface area contributed by atoms with Crippen molar-refractivity contribution in [1.29, 1.82) is 0 Å². The lowest BCUT2D eigenvalue weighted by Crippen LogP contribution is -2.14. The molecule has 0 aliphatic rings. The van der Waals surface area contributed by atoms with Crippen LogP contribution in [-0.4, -0.2) is 43.4 Å². The number of carbonyl (C=O) groups is 1. The van der Waals surface area contributed by atoms with Gasteiger partial charge in [0.2, 0.25) is 11.9 Å². The molecule has 170 valence electrons. The predicted octanol–water partition coefficient (Wildman–Crippen LogP) is 3.97. The van der Waals surface area contributed by atoms with Gasteiger partial charge in [-0.15, -0.1) is 0 Å². The molecule has 4 aromatic rings. The number of rotatable bonds is 8. The third kappa shape index (κ3) is 4.75. The largest absolute Gasteiger partial charge is 0.380 e. The van der Waals surface area contributed by atoms with Crippen molar-refractivity contribution >= 4 is 34.1 Å². The van der Waals surface area contributed by atoms with Crippen molar-refractivity contribution in [2.24, 2.45) is 0 Å². The Kier molecular flexibility index (Phi) is 6.18. The average Bonchev–Trinajstić information content (AvgIpc) is 3.38. The lowest BCUT2D eigenvalue weighted by Gasteiger charge is -2.09. The maximum Gasteiger partial charge on any atom is 0.247 e. The number of hydrogen-bond donors (Lipinski definition) is 2. The summed E-state index contributed by atoms with van der Waals surface area (Å²) < 4.78 is 23.4. The highest BCUT2D eigenvalue weighted by Gasteiger charge is 2.15. The zero-order chi connectivity index (χ0) is 23.5. The third-order valence-corrected chi connectivity index (χ3v) is 5.15. The van der Waals surface area contributed by atoms with Crippen LogP contribution in [0.1, 0.15) is 12.5 Å². The first-order valence-electron chi connectivity index (χ1n) is 10.3. The maximum absolute atomic E-state index is 14.7. The highest BCUT2D eigenvalue weighted by molar-refractivity contribution is 6.00. The summed E-state index contributed by atoms with van der Waals surface area (Å²) in [5.41, 5.74) is 2.94. The summed E-state index contributed by atoms with van der Waals surface area (Å²) in [6.45, 7) is 7.91. The van der Waals surface area contributed by atoms with Gasteiger partial charge >= 0.3 is 0 Å². The van der Waals surface area contributed by atoms with Gasteiger partial charge in [-0.05, 0) is 43.7 Å². The fourth-order valence-electron chi connectivity index (χ4n) is 3.42. The second-order valence-electron chi connectivity index (χ2n) is 7.59. The third-order valence-electron chi connectivity index (χ3n) is 5.15. The van der Waals surface area contributed by atoms with Crippen LogP contribution in [0.3, 0.4) is 0 Å². The molecule has 1 atom stereocenters. The van der Waals surface area contributed by atoms with Crippen LogP contribution in [0, 0.1) is 12.7 Å². The van der Waals surface area contributed by atoms with E-state index in [0.717, 1.165) is 22.7 Å². The molecule has 33 heavy (non-hydrogen) atoms. The number of benzene rings is 1. The fourth-order valence-corrected chi connectivity index (χ4v) is 3.42. The summed E-state index contributed by atoms with van der Waals surface area (Å²) in [7, 11) is 1.64. The first-order valence-corrected chi connectivity index (χ1v) is 10.3. The Bertz CT molecular complexity index is 1330. The normalized spacial score (nSPS) is 12.0. The second kappa shape index (κ2) is 9.21. The van der Waals surface area contributed by atoms with E-state index in [4.69, 9.17) is 4.74 Å². The summed E-state index contributed by atoms with van der Waals surface area (Å²) in [6, 6.07) is 5.38. The number of methoxy groups -OCH3 is 1. The zero-order valence-electron chi connectivity index (χ0n) is 18.5. The van der Waals surface area contributed by atoms with Gasteiger partial charge in [-0.3, -0.25) is 14.0 Å². The number of carbonyl (C=O) groups excluding carboxylic acids is 1. The Morgan fingerprint density at radius 1 is 1.30 bits per heavy atom. The summed E-state index contributed by atoms with van der Waals surface area (Å²) >= 11 is 0. The van der Waals surface area contributed by atoms with E-state index in [0.29, 0.717) is 17.9 Å². The van der Waals surface area contributed by atoms with Crippen LogP contribution in [0.4, 0.5) is 21.7 Å². The van der Waals surface area contributed by atoms with Gasteiger partial charge < -0.3 is 15.4 Å². The van der Waals surface area contributed by atoms with Gasteiger partial charge in [0.1, 0.15) is 0 Å². The van der Waals surface area contributed by atoms with Crippen LogP contribution in [0.2, 0.25) is 0 Å². The molecular weight excluding hydrogens is 425 g/mol. The van der Waals surface area contributed by atoms with E-state index in [-0.39, 0.29) is 23.8 Å². The minimum Gasteiger partial charge on any atom is -0.380 e. The SMILES string of the molecule is C=CC(=O)Nc1ccc2c(c1)c(C)cn2-c1nc(Nc2cnn(C[C@H](C)OC)c2)ncc1F. The summed E-state index contributed by atoms with van der Waals surface area (Å²) in [5.74, 6) is -0.524. The zero-order valence-corrected chi connectivity index (χ0v) is 18.5. The Hall–Kier alpha value is -4.05. The molecule has 3 heterocycles. The van der Waals surface area contributed by atoms with E-state index in [1.807, 2.05) is 19.9 Å². The number of amides is 1. The Morgan fingerprint density at radius 2 is 2.12 bits per heavy atom. The van der Waals surface area contributed by atoms with Crippen LogP contribution in [0.25, 0.3) is 16.7 Å². The molecule has 0 unspecified atom stereocenters. The van der Waals surface area contributed by atoms with Gasteiger partial charge in [0, 0.05) is 30.6 Å². The van der Waals surface area contributed by atoms with Crippen LogP contribution in [0.15, 0.2) is 55.6 Å². The highest BCUT2D eigenvalue weighted by atomic mass is 19.1. The smallest absolute Gasteiger partial charge is 0.247 e. The number of ether oxygens (including phenoxy) is 1. The van der Waals surface area contributed by atoms with Crippen LogP contribution < -0.4 is 10.6 Å². The standard InChI is InChI=1S/C23H24FN7O2/c1-5-21(32)27-16-6-7-20-18(8-16)14(2)11-31(20)22-19(24)10-25-23(29-22)28-17-9-26-30(13-17)12-15(3)33-4/h5-11,13,15H,1,12H2,2-4H3,(H,27,32)(H,25,28,29)/t15-/m0/s1. The van der Waals surface area contributed by atoms with Gasteiger partial charge in [-0.1, -0.05) is 6.58 Å². The van der Waals surface area contributed by atoms with E-state index in [1.165, 1.54) is 6.08 Å². The topological polar surface area (TPSA) is 98.9 Å². The molecule has 1 amide bonds. The maximum atomic E-state index is 14.7. The molecule has 0 spiro atoms. The molecule has 0 radical (unpaired) electrons. The predicted molar refractivity (Wildman–Crippen MR) is 124 cm³/mol. The molecule has 3 aromatic heterocycles. The summed E-state index contributed by atoms with van der Waals surface area (Å²) in [6.07, 6.45) is 7.58. The van der Waals surface area contributed by atoms with Gasteiger partial charge in [0.15, 0.2) is 11.6 Å². The van der Waals surface area contributed by atoms with Gasteiger partial charge in [0.25, 0.3) is 0 Å². The van der Waals surface area contributed by atoms with Crippen molar-refractivity contribution in [3.63, 3.8) is 0 Å². The number of anilines is 3. The number of aromatic nitrogens is 5. The van der Waals surface area contributed by atoms with Gasteiger partial charge in [0.05, 0.1) is 36.2 Å². The van der Waals surface area contributed by atoms with E-state index >= 15 is 0 Å². The van der Waals surface area contributed by atoms with Crippen LogP contribution in [-0.2, 0) is 16.1 Å². The first kappa shape index (κ1) is 22.2. The van der Waals surface area contributed by atoms with Gasteiger partial charge in [-0.25, -0.2) is 9.37 Å². The number of nitrogens with one attached hydrogen (secondary N) is 2. The molecule has 4 rings (SSSR count). The number of fused-ring (bicyclic) bond motifs is 1. The van der Waals surface area contributed by atoms with Crippen LogP contribution >= 0.6 is 0 Å². The number of hydrogen-bond acceptors (Lipinski definition) is 6. The quantitative estimate of drug-likeness (QED) is 0.395. The molecule has 10 heteroatoms. The van der Waals surface area contributed by atoms with Crippen molar-refractivity contribution in [3.05, 3.63) is 67.0 Å². The molecule has 1 aromatic carbocycles. The number of aryl methyl sites for hydroxylation is 1. The fraction of sp³-hybridized carbons (Fsp3) is 0.217. The van der Waals surface area contributed by atoms with Crippen LogP contribution in [0.5, 0.6) is 0 Å². The summed E-state index contributed by atoms with van der Waals surface area (Å²) in [5, 5.41) is 10.9. The summed E-state index contributed by atoms with van der Waals surface area (Å²) in [4.78, 5) is 20.1. The molecule has 0 aliphatic carbocycles. The average molecular weight is 449 g/mol. The monoisotopic (exact) mass is 449 g/mol. The lowest BCUT2D eigenvalue weighted by atomic mass is 10.2. The number of halogens is 1. The van der Waals surface area contributed by atoms with Crippen molar-refractivity contribution in [2.45, 2.75) is 26.5 Å². The van der Waals surface area contributed by atoms with E-state index in [1.54, 1.807) is 47.1 Å². The minimum atomic E-state index is -0.564.